The molecule has 0 saturated carbocycles. The molecule has 11 heteroatoms. The Balaban J connectivity index is 2.19. The van der Waals surface area contributed by atoms with Gasteiger partial charge in [-0.3, -0.25) is 0 Å². The third-order valence-electron chi connectivity index (χ3n) is 4.06. The summed E-state index contributed by atoms with van der Waals surface area (Å²) in [7, 11) is -7.49. The molecule has 3 aromatic rings. The molecule has 156 valence electrons. The third-order valence-corrected chi connectivity index (χ3v) is 7.60. The van der Waals surface area contributed by atoms with E-state index in [4.69, 9.17) is 4.74 Å². The first-order valence-corrected chi connectivity index (χ1v) is 12.7. The molecule has 0 amide bonds. The van der Waals surface area contributed by atoms with Gasteiger partial charge in [0.05, 0.1) is 26.6 Å². The minimum Gasteiger partial charge on any atom is -0.380 e. The number of ether oxygens (including phenoxy) is 1. The molecule has 7 nitrogen and oxygen atoms in total. The lowest BCUT2D eigenvalue weighted by atomic mass is 10.3. The molecule has 0 N–H and O–H groups in total. The fourth-order valence-corrected chi connectivity index (χ4v) is 5.65. The van der Waals surface area contributed by atoms with Gasteiger partial charge >= 0.3 is 0 Å². The van der Waals surface area contributed by atoms with Crippen LogP contribution in [-0.4, -0.2) is 40.9 Å². The molecule has 2 aromatic carbocycles. The molecule has 0 atom stereocenters. The van der Waals surface area contributed by atoms with Crippen LogP contribution in [-0.2, 0) is 31.1 Å². The van der Waals surface area contributed by atoms with Crippen molar-refractivity contribution in [3.8, 4) is 0 Å². The van der Waals surface area contributed by atoms with E-state index in [1.807, 2.05) is 6.92 Å². The number of thiazole rings is 1. The van der Waals surface area contributed by atoms with E-state index in [9.17, 15) is 21.2 Å². The molecule has 29 heavy (non-hydrogen) atoms. The van der Waals surface area contributed by atoms with Crippen molar-refractivity contribution in [3.05, 3.63) is 53.1 Å². The number of sulfonamides is 1. The first-order valence-electron chi connectivity index (χ1n) is 8.59. The van der Waals surface area contributed by atoms with Gasteiger partial charge in [-0.25, -0.2) is 12.8 Å². The zero-order valence-corrected chi connectivity index (χ0v) is 18.2. The summed E-state index contributed by atoms with van der Waals surface area (Å²) in [6.45, 7) is 3.02. The van der Waals surface area contributed by atoms with Gasteiger partial charge in [0.25, 0.3) is 10.0 Å². The molecule has 3 rings (SSSR count). The fraction of sp³-hybridized carbons (Fsp3) is 0.278. The Kier molecular flexibility index (Phi) is 6.22. The van der Waals surface area contributed by atoms with Gasteiger partial charge < -0.3 is 9.30 Å². The minimum absolute atomic E-state index is 0.135. The van der Waals surface area contributed by atoms with E-state index in [2.05, 4.69) is 4.40 Å². The molecular formula is C18H19FN2O5S3. The summed E-state index contributed by atoms with van der Waals surface area (Å²) in [4.78, 5) is 0.176. The van der Waals surface area contributed by atoms with Gasteiger partial charge in [0.15, 0.2) is 9.84 Å². The van der Waals surface area contributed by atoms with E-state index in [0.29, 0.717) is 30.0 Å². The topological polar surface area (TPSA) is 94.8 Å². The van der Waals surface area contributed by atoms with Crippen LogP contribution in [0.2, 0.25) is 0 Å². The Hall–Kier alpha value is -2.08. The Bertz CT molecular complexity index is 1310. The second-order valence-corrected chi connectivity index (χ2v) is 10.8. The molecular weight excluding hydrogens is 439 g/mol. The van der Waals surface area contributed by atoms with Crippen molar-refractivity contribution in [1.29, 1.82) is 0 Å². The molecule has 0 aliphatic rings. The number of rotatable bonds is 7. The first-order chi connectivity index (χ1) is 13.6. The van der Waals surface area contributed by atoms with Gasteiger partial charge in [-0.2, -0.15) is 8.42 Å². The largest absolute Gasteiger partial charge is 0.380 e. The molecule has 0 aliphatic carbocycles. The first kappa shape index (κ1) is 21.6. The number of benzene rings is 2. The van der Waals surface area contributed by atoms with Crippen molar-refractivity contribution in [2.75, 3.05) is 19.5 Å². The predicted octanol–water partition coefficient (Wildman–Crippen LogP) is 2.57. The number of sulfone groups is 1. The predicted molar refractivity (Wildman–Crippen MR) is 109 cm³/mol. The summed E-state index contributed by atoms with van der Waals surface area (Å²) in [6.07, 6.45) is 1.11. The van der Waals surface area contributed by atoms with Gasteiger partial charge in [0, 0.05) is 19.4 Å². The summed E-state index contributed by atoms with van der Waals surface area (Å²) < 4.78 is 73.7. The number of aromatic nitrogens is 1. The van der Waals surface area contributed by atoms with E-state index < -0.39 is 25.7 Å². The van der Waals surface area contributed by atoms with Gasteiger partial charge in [0.1, 0.15) is 5.82 Å². The number of halogens is 1. The van der Waals surface area contributed by atoms with Crippen molar-refractivity contribution < 1.29 is 26.0 Å². The average molecular weight is 459 g/mol. The van der Waals surface area contributed by atoms with Crippen LogP contribution in [0.5, 0.6) is 0 Å². The monoisotopic (exact) mass is 458 g/mol. The summed E-state index contributed by atoms with van der Waals surface area (Å²) in [5.74, 6) is -0.550. The summed E-state index contributed by atoms with van der Waals surface area (Å²) in [5, 5.41) is 0. The third kappa shape index (κ3) is 4.92. The van der Waals surface area contributed by atoms with E-state index in [1.165, 1.54) is 12.1 Å². The molecule has 0 unspecified atom stereocenters. The second-order valence-electron chi connectivity index (χ2n) is 6.16. The maximum atomic E-state index is 13.1. The molecule has 1 aromatic heterocycles. The van der Waals surface area contributed by atoms with Crippen LogP contribution in [0.4, 0.5) is 4.39 Å². The summed E-state index contributed by atoms with van der Waals surface area (Å²) in [5.41, 5.74) is 0.648. The SMILES string of the molecule is CCOCCn1c(=NS(=O)(=O)c2ccc(F)cc2)sc2cc(S(C)(=O)=O)ccc21. The van der Waals surface area contributed by atoms with Gasteiger partial charge in [-0.05, 0) is 49.4 Å². The van der Waals surface area contributed by atoms with Crippen molar-refractivity contribution in [2.24, 2.45) is 4.40 Å². The van der Waals surface area contributed by atoms with E-state index in [1.54, 1.807) is 10.6 Å². The van der Waals surface area contributed by atoms with E-state index in [-0.39, 0.29) is 14.6 Å². The average Bonchev–Trinajstić information content (AvgIpc) is 2.97. The van der Waals surface area contributed by atoms with Crippen molar-refractivity contribution in [2.45, 2.75) is 23.3 Å². The maximum Gasteiger partial charge on any atom is 0.285 e. The number of fused-ring (bicyclic) bond motifs is 1. The van der Waals surface area contributed by atoms with Gasteiger partial charge in [-0.1, -0.05) is 11.3 Å². The molecule has 0 spiro atoms. The van der Waals surface area contributed by atoms with Crippen LogP contribution in [0, 0.1) is 5.82 Å². The van der Waals surface area contributed by atoms with Crippen LogP contribution in [0.25, 0.3) is 10.2 Å². The number of hydrogen-bond acceptors (Lipinski definition) is 6. The highest BCUT2D eigenvalue weighted by molar-refractivity contribution is 7.90. The van der Waals surface area contributed by atoms with Gasteiger partial charge in [0.2, 0.25) is 4.80 Å². The Morgan fingerprint density at radius 2 is 1.72 bits per heavy atom. The van der Waals surface area contributed by atoms with Crippen LogP contribution < -0.4 is 4.80 Å². The van der Waals surface area contributed by atoms with Crippen molar-refractivity contribution in [1.82, 2.24) is 4.57 Å². The molecule has 0 aliphatic heterocycles. The lowest BCUT2D eigenvalue weighted by Gasteiger charge is -2.06. The molecule has 0 bridgehead atoms. The zero-order chi connectivity index (χ0) is 21.2. The van der Waals surface area contributed by atoms with E-state index in [0.717, 1.165) is 41.9 Å². The lowest BCUT2D eigenvalue weighted by Crippen LogP contribution is -2.20. The van der Waals surface area contributed by atoms with Crippen molar-refractivity contribution in [3.63, 3.8) is 0 Å². The van der Waals surface area contributed by atoms with Crippen LogP contribution >= 0.6 is 11.3 Å². The Morgan fingerprint density at radius 3 is 2.34 bits per heavy atom. The molecule has 0 saturated heterocycles. The van der Waals surface area contributed by atoms with Crippen molar-refractivity contribution >= 4 is 41.4 Å². The molecule has 0 fully saturated rings. The fourth-order valence-electron chi connectivity index (χ4n) is 2.63. The highest BCUT2D eigenvalue weighted by Gasteiger charge is 2.16. The van der Waals surface area contributed by atoms with Crippen LogP contribution in [0.15, 0.2) is 56.7 Å². The zero-order valence-electron chi connectivity index (χ0n) is 15.7. The van der Waals surface area contributed by atoms with Crippen LogP contribution in [0.3, 0.4) is 0 Å². The Morgan fingerprint density at radius 1 is 1.07 bits per heavy atom. The quantitative estimate of drug-likeness (QED) is 0.507. The standard InChI is InChI=1S/C18H19FN2O5S3/c1-3-26-11-10-21-16-9-8-15(28(2,22)23)12-17(16)27-18(21)20-29(24,25)14-6-4-13(19)5-7-14/h4-9,12H,3,10-11H2,1-2H3. The lowest BCUT2D eigenvalue weighted by molar-refractivity contribution is 0.139. The Labute approximate surface area is 172 Å². The second kappa shape index (κ2) is 8.34. The maximum absolute atomic E-state index is 13.1. The summed E-state index contributed by atoms with van der Waals surface area (Å²) in [6, 6.07) is 8.98. The van der Waals surface area contributed by atoms with E-state index >= 15 is 0 Å². The van der Waals surface area contributed by atoms with Gasteiger partial charge in [-0.15, -0.1) is 4.40 Å². The summed E-state index contributed by atoms with van der Waals surface area (Å²) >= 11 is 1.06. The minimum atomic E-state index is -4.08. The molecule has 0 radical (unpaired) electrons. The number of nitrogens with zero attached hydrogens (tertiary/aromatic N) is 2. The van der Waals surface area contributed by atoms with Crippen LogP contribution in [0.1, 0.15) is 6.92 Å². The molecule has 1 heterocycles. The highest BCUT2D eigenvalue weighted by Crippen LogP contribution is 2.22. The number of hydrogen-bond donors (Lipinski definition) is 0. The smallest absolute Gasteiger partial charge is 0.285 e. The highest BCUT2D eigenvalue weighted by atomic mass is 32.2. The normalized spacial score (nSPS) is 13.3.